The third kappa shape index (κ3) is 5.74. The molecule has 4 rings (SSSR count). The highest BCUT2D eigenvalue weighted by Crippen LogP contribution is 2.34. The molecule has 0 aliphatic rings. The van der Waals surface area contributed by atoms with Crippen LogP contribution < -0.4 is 14.8 Å². The number of anilines is 1. The Hall–Kier alpha value is -4.27. The molecule has 0 saturated heterocycles. The number of halogens is 2. The molecular formula is C25H21F2N3O4. The van der Waals surface area contributed by atoms with Gasteiger partial charge in [0.2, 0.25) is 17.7 Å². The van der Waals surface area contributed by atoms with E-state index >= 15 is 0 Å². The van der Waals surface area contributed by atoms with E-state index in [0.29, 0.717) is 34.3 Å². The molecule has 0 radical (unpaired) electrons. The fraction of sp³-hybridized carbons (Fsp3) is 0.160. The van der Waals surface area contributed by atoms with E-state index in [1.54, 1.807) is 30.3 Å². The second-order valence-corrected chi connectivity index (χ2v) is 7.23. The molecule has 0 bridgehead atoms. The van der Waals surface area contributed by atoms with Crippen LogP contribution in [0.2, 0.25) is 0 Å². The Labute approximate surface area is 194 Å². The number of rotatable bonds is 9. The topological polar surface area (TPSA) is 86.5 Å². The van der Waals surface area contributed by atoms with Crippen LogP contribution in [0, 0.1) is 0 Å². The molecule has 174 valence electrons. The van der Waals surface area contributed by atoms with Crippen molar-refractivity contribution < 1.29 is 27.5 Å². The van der Waals surface area contributed by atoms with Gasteiger partial charge in [0.15, 0.2) is 0 Å². The Morgan fingerprint density at radius 3 is 2.47 bits per heavy atom. The second-order valence-electron chi connectivity index (χ2n) is 7.23. The van der Waals surface area contributed by atoms with E-state index in [1.165, 1.54) is 19.2 Å². The van der Waals surface area contributed by atoms with Crippen LogP contribution in [0.15, 0.2) is 77.2 Å². The summed E-state index contributed by atoms with van der Waals surface area (Å²) in [5.41, 5.74) is 2.27. The molecule has 1 heterocycles. The molecule has 0 spiro atoms. The quantitative estimate of drug-likeness (QED) is 0.347. The largest absolute Gasteiger partial charge is 0.497 e. The van der Waals surface area contributed by atoms with Crippen molar-refractivity contribution in [2.45, 2.75) is 19.5 Å². The van der Waals surface area contributed by atoms with Crippen molar-refractivity contribution >= 4 is 11.6 Å². The number of amides is 1. The number of carbonyl (C=O) groups excluding carboxylic acids is 1. The van der Waals surface area contributed by atoms with Crippen LogP contribution in [0.4, 0.5) is 14.5 Å². The zero-order valence-corrected chi connectivity index (χ0v) is 18.2. The predicted octanol–water partition coefficient (Wildman–Crippen LogP) is 5.58. The number of hydrogen-bond acceptors (Lipinski definition) is 6. The maximum Gasteiger partial charge on any atom is 0.387 e. The maximum absolute atomic E-state index is 12.9. The minimum Gasteiger partial charge on any atom is -0.497 e. The van der Waals surface area contributed by atoms with Crippen LogP contribution in [-0.4, -0.2) is 29.8 Å². The molecule has 0 fully saturated rings. The van der Waals surface area contributed by atoms with Gasteiger partial charge in [0, 0.05) is 29.7 Å². The summed E-state index contributed by atoms with van der Waals surface area (Å²) in [4.78, 5) is 12.5. The van der Waals surface area contributed by atoms with E-state index in [1.807, 2.05) is 30.3 Å². The average Bonchev–Trinajstić information content (AvgIpc) is 3.33. The number of aromatic nitrogens is 2. The molecule has 1 aromatic heterocycles. The number of hydrogen-bond donors (Lipinski definition) is 1. The van der Waals surface area contributed by atoms with E-state index in [4.69, 9.17) is 9.15 Å². The molecular weight excluding hydrogens is 444 g/mol. The van der Waals surface area contributed by atoms with Gasteiger partial charge in [-0.3, -0.25) is 4.79 Å². The number of benzene rings is 3. The summed E-state index contributed by atoms with van der Waals surface area (Å²) in [6.45, 7) is -2.98. The van der Waals surface area contributed by atoms with E-state index in [0.717, 1.165) is 5.56 Å². The van der Waals surface area contributed by atoms with Gasteiger partial charge in [-0.1, -0.05) is 30.3 Å². The number of nitrogens with zero attached hydrogens (tertiary/aromatic N) is 2. The molecule has 4 aromatic rings. The van der Waals surface area contributed by atoms with Crippen molar-refractivity contribution in [1.82, 2.24) is 10.2 Å². The van der Waals surface area contributed by atoms with Crippen molar-refractivity contribution in [2.75, 3.05) is 12.4 Å². The van der Waals surface area contributed by atoms with Crippen molar-refractivity contribution in [1.29, 1.82) is 0 Å². The summed E-state index contributed by atoms with van der Waals surface area (Å²) in [5.74, 6) is 1.06. The van der Waals surface area contributed by atoms with Crippen LogP contribution in [-0.2, 0) is 11.2 Å². The highest BCUT2D eigenvalue weighted by Gasteiger charge is 2.15. The van der Waals surface area contributed by atoms with Gasteiger partial charge >= 0.3 is 6.61 Å². The predicted molar refractivity (Wildman–Crippen MR) is 122 cm³/mol. The molecule has 0 aliphatic heterocycles. The van der Waals surface area contributed by atoms with Gasteiger partial charge in [-0.2, -0.15) is 8.78 Å². The molecule has 0 aliphatic carbocycles. The van der Waals surface area contributed by atoms with Crippen LogP contribution in [0.3, 0.4) is 0 Å². The standard InChI is InChI=1S/C25H21F2N3O4/c1-32-19-10-7-16(8-11-19)20-15-18(9-12-21(20)33-25(26)27)28-22(31)13-14-23-29-30-24(34-23)17-5-3-2-4-6-17/h2-12,15,25H,13-14H2,1H3,(H,28,31). The Balaban J connectivity index is 1.44. The Morgan fingerprint density at radius 2 is 1.76 bits per heavy atom. The molecule has 0 saturated carbocycles. The first-order valence-electron chi connectivity index (χ1n) is 10.4. The van der Waals surface area contributed by atoms with Crippen LogP contribution in [0.1, 0.15) is 12.3 Å². The fourth-order valence-corrected chi connectivity index (χ4v) is 3.30. The average molecular weight is 465 g/mol. The summed E-state index contributed by atoms with van der Waals surface area (Å²) in [5, 5.41) is 10.8. The number of ether oxygens (including phenoxy) is 2. The normalized spacial score (nSPS) is 10.8. The number of alkyl halides is 2. The molecule has 1 N–H and O–H groups in total. The van der Waals surface area contributed by atoms with E-state index in [9.17, 15) is 13.6 Å². The summed E-state index contributed by atoms with van der Waals surface area (Å²) in [7, 11) is 1.53. The maximum atomic E-state index is 12.9. The lowest BCUT2D eigenvalue weighted by molar-refractivity contribution is -0.116. The Kier molecular flexibility index (Phi) is 7.12. The van der Waals surface area contributed by atoms with Crippen LogP contribution >= 0.6 is 0 Å². The number of methoxy groups -OCH3 is 1. The third-order valence-electron chi connectivity index (χ3n) is 4.93. The third-order valence-corrected chi connectivity index (χ3v) is 4.93. The SMILES string of the molecule is COc1ccc(-c2cc(NC(=O)CCc3nnc(-c4ccccc4)o3)ccc2OC(F)F)cc1. The van der Waals surface area contributed by atoms with E-state index in [-0.39, 0.29) is 24.5 Å². The molecule has 3 aromatic carbocycles. The fourth-order valence-electron chi connectivity index (χ4n) is 3.30. The van der Waals surface area contributed by atoms with Crippen molar-refractivity contribution in [3.8, 4) is 34.1 Å². The monoisotopic (exact) mass is 465 g/mol. The zero-order valence-electron chi connectivity index (χ0n) is 18.2. The van der Waals surface area contributed by atoms with Crippen molar-refractivity contribution in [3.05, 3.63) is 78.7 Å². The van der Waals surface area contributed by atoms with Crippen LogP contribution in [0.25, 0.3) is 22.6 Å². The number of nitrogens with one attached hydrogen (secondary N) is 1. The number of aryl methyl sites for hydroxylation is 1. The summed E-state index contributed by atoms with van der Waals surface area (Å²) in [6, 6.07) is 20.7. The first kappa shape index (κ1) is 22.9. The Morgan fingerprint density at radius 1 is 1.00 bits per heavy atom. The Bertz CT molecular complexity index is 1240. The van der Waals surface area contributed by atoms with Gasteiger partial charge in [-0.25, -0.2) is 0 Å². The lowest BCUT2D eigenvalue weighted by Gasteiger charge is -2.14. The van der Waals surface area contributed by atoms with Gasteiger partial charge in [0.05, 0.1) is 7.11 Å². The first-order chi connectivity index (χ1) is 16.5. The van der Waals surface area contributed by atoms with Crippen molar-refractivity contribution in [3.63, 3.8) is 0 Å². The van der Waals surface area contributed by atoms with E-state index in [2.05, 4.69) is 20.3 Å². The van der Waals surface area contributed by atoms with Gasteiger partial charge in [-0.15, -0.1) is 10.2 Å². The van der Waals surface area contributed by atoms with Gasteiger partial charge in [-0.05, 0) is 48.0 Å². The van der Waals surface area contributed by atoms with E-state index < -0.39 is 6.61 Å². The molecule has 0 unspecified atom stereocenters. The molecule has 0 atom stereocenters. The lowest BCUT2D eigenvalue weighted by atomic mass is 10.0. The molecule has 9 heteroatoms. The highest BCUT2D eigenvalue weighted by molar-refractivity contribution is 5.92. The summed E-state index contributed by atoms with van der Waals surface area (Å²) < 4.78 is 41.2. The highest BCUT2D eigenvalue weighted by atomic mass is 19.3. The molecule has 7 nitrogen and oxygen atoms in total. The minimum atomic E-state index is -2.98. The van der Waals surface area contributed by atoms with Gasteiger partial charge < -0.3 is 19.2 Å². The lowest BCUT2D eigenvalue weighted by Crippen LogP contribution is -2.12. The zero-order chi connectivity index (χ0) is 23.9. The minimum absolute atomic E-state index is 0.00235. The first-order valence-corrected chi connectivity index (χ1v) is 10.4. The summed E-state index contributed by atoms with van der Waals surface area (Å²) >= 11 is 0. The van der Waals surface area contributed by atoms with Crippen LogP contribution in [0.5, 0.6) is 11.5 Å². The molecule has 1 amide bonds. The van der Waals surface area contributed by atoms with Crippen molar-refractivity contribution in [2.24, 2.45) is 0 Å². The van der Waals surface area contributed by atoms with Gasteiger partial charge in [0.25, 0.3) is 0 Å². The number of carbonyl (C=O) groups is 1. The summed E-state index contributed by atoms with van der Waals surface area (Å²) in [6.07, 6.45) is 0.354. The second kappa shape index (κ2) is 10.6. The molecule has 34 heavy (non-hydrogen) atoms. The van der Waals surface area contributed by atoms with Gasteiger partial charge in [0.1, 0.15) is 11.5 Å². The smallest absolute Gasteiger partial charge is 0.387 e.